The summed E-state index contributed by atoms with van der Waals surface area (Å²) < 4.78 is 30.3. The number of esters is 1. The van der Waals surface area contributed by atoms with Gasteiger partial charge >= 0.3 is 5.97 Å². The third-order valence-corrected chi connectivity index (χ3v) is 5.68. The van der Waals surface area contributed by atoms with Crippen molar-refractivity contribution in [3.63, 3.8) is 0 Å². The number of ether oxygens (including phenoxy) is 1. The van der Waals surface area contributed by atoms with Crippen LogP contribution < -0.4 is 5.32 Å². The van der Waals surface area contributed by atoms with E-state index in [9.17, 15) is 18.0 Å². The van der Waals surface area contributed by atoms with Crippen molar-refractivity contribution < 1.29 is 22.7 Å². The first-order chi connectivity index (χ1) is 13.6. The SMILES string of the molecule is CCOC(=O)c1ccc(C)c(NC(=O)CN(Cc2ccccc2Cl)S(C)(=O)=O)c1. The van der Waals surface area contributed by atoms with Gasteiger partial charge in [-0.25, -0.2) is 13.2 Å². The first-order valence-electron chi connectivity index (χ1n) is 8.88. The summed E-state index contributed by atoms with van der Waals surface area (Å²) in [4.78, 5) is 24.4. The van der Waals surface area contributed by atoms with Crippen molar-refractivity contribution in [2.24, 2.45) is 0 Å². The van der Waals surface area contributed by atoms with Crippen molar-refractivity contribution in [1.29, 1.82) is 0 Å². The molecule has 0 radical (unpaired) electrons. The van der Waals surface area contributed by atoms with Gasteiger partial charge in [0, 0.05) is 17.3 Å². The molecule has 1 N–H and O–H groups in total. The monoisotopic (exact) mass is 438 g/mol. The van der Waals surface area contributed by atoms with E-state index < -0.39 is 28.4 Å². The van der Waals surface area contributed by atoms with Crippen LogP contribution in [0.1, 0.15) is 28.4 Å². The van der Waals surface area contributed by atoms with Crippen molar-refractivity contribution in [2.75, 3.05) is 24.7 Å². The number of carbonyl (C=O) groups excluding carboxylic acids is 2. The summed E-state index contributed by atoms with van der Waals surface area (Å²) in [5.74, 6) is -1.04. The van der Waals surface area contributed by atoms with E-state index in [1.54, 1.807) is 50.2 Å². The molecule has 0 fully saturated rings. The summed E-state index contributed by atoms with van der Waals surface area (Å²) in [6, 6.07) is 11.6. The largest absolute Gasteiger partial charge is 0.462 e. The fourth-order valence-corrected chi connectivity index (χ4v) is 3.48. The molecule has 0 saturated carbocycles. The molecule has 0 spiro atoms. The number of anilines is 1. The lowest BCUT2D eigenvalue weighted by Crippen LogP contribution is -2.37. The van der Waals surface area contributed by atoms with Gasteiger partial charge in [0.15, 0.2) is 0 Å². The quantitative estimate of drug-likeness (QED) is 0.639. The molecule has 0 bridgehead atoms. The van der Waals surface area contributed by atoms with Crippen LogP contribution in [0.4, 0.5) is 5.69 Å². The van der Waals surface area contributed by atoms with Crippen LogP contribution in [0.5, 0.6) is 0 Å². The molecule has 0 aliphatic heterocycles. The Morgan fingerprint density at radius 2 is 1.86 bits per heavy atom. The van der Waals surface area contributed by atoms with Crippen molar-refractivity contribution in [1.82, 2.24) is 4.31 Å². The lowest BCUT2D eigenvalue weighted by atomic mass is 10.1. The van der Waals surface area contributed by atoms with E-state index in [1.807, 2.05) is 0 Å². The Bertz CT molecular complexity index is 1010. The van der Waals surface area contributed by atoms with Gasteiger partial charge in [-0.1, -0.05) is 35.9 Å². The lowest BCUT2D eigenvalue weighted by molar-refractivity contribution is -0.116. The average Bonchev–Trinajstić information content (AvgIpc) is 2.64. The first-order valence-corrected chi connectivity index (χ1v) is 11.1. The molecule has 156 valence electrons. The molecule has 0 aliphatic rings. The predicted octanol–water partition coefficient (Wildman–Crippen LogP) is 3.23. The van der Waals surface area contributed by atoms with Crippen LogP contribution >= 0.6 is 11.6 Å². The Balaban J connectivity index is 2.17. The Hall–Kier alpha value is -2.42. The number of nitrogens with one attached hydrogen (secondary N) is 1. The number of rotatable bonds is 8. The van der Waals surface area contributed by atoms with Crippen LogP contribution in [-0.2, 0) is 26.1 Å². The molecule has 2 aromatic rings. The number of amides is 1. The first kappa shape index (κ1) is 22.9. The minimum atomic E-state index is -3.67. The average molecular weight is 439 g/mol. The van der Waals surface area contributed by atoms with Crippen molar-refractivity contribution in [3.05, 3.63) is 64.2 Å². The maximum atomic E-state index is 12.5. The summed E-state index contributed by atoms with van der Waals surface area (Å²) >= 11 is 6.11. The van der Waals surface area contributed by atoms with Gasteiger partial charge in [-0.3, -0.25) is 4.79 Å². The number of halogens is 1. The van der Waals surface area contributed by atoms with Gasteiger partial charge in [0.25, 0.3) is 0 Å². The Labute approximate surface area is 175 Å². The molecule has 0 unspecified atom stereocenters. The van der Waals surface area contributed by atoms with Gasteiger partial charge in [0.1, 0.15) is 0 Å². The molecule has 1 amide bonds. The van der Waals surface area contributed by atoms with Gasteiger partial charge in [0.05, 0.1) is 25.0 Å². The standard InChI is InChI=1S/C20H23ClN2O5S/c1-4-28-20(25)15-10-9-14(2)18(11-15)22-19(24)13-23(29(3,26)27)12-16-7-5-6-8-17(16)21/h5-11H,4,12-13H2,1-3H3,(H,22,24). The van der Waals surface area contributed by atoms with E-state index in [1.165, 1.54) is 6.07 Å². The molecular formula is C20H23ClN2O5S. The van der Waals surface area contributed by atoms with E-state index in [-0.39, 0.29) is 13.2 Å². The van der Waals surface area contributed by atoms with Crippen LogP contribution in [0.3, 0.4) is 0 Å². The molecule has 0 aromatic heterocycles. The molecule has 0 atom stereocenters. The van der Waals surface area contributed by atoms with Crippen LogP contribution in [0.25, 0.3) is 0 Å². The number of nitrogens with zero attached hydrogens (tertiary/aromatic N) is 1. The zero-order valence-corrected chi connectivity index (χ0v) is 18.0. The molecule has 29 heavy (non-hydrogen) atoms. The minimum absolute atomic E-state index is 0.0340. The number of carbonyl (C=O) groups is 2. The highest BCUT2D eigenvalue weighted by Gasteiger charge is 2.22. The molecule has 0 aliphatic carbocycles. The highest BCUT2D eigenvalue weighted by Crippen LogP contribution is 2.20. The number of benzene rings is 2. The summed E-state index contributed by atoms with van der Waals surface area (Å²) in [6.45, 7) is 3.27. The minimum Gasteiger partial charge on any atom is -0.462 e. The second kappa shape index (κ2) is 9.87. The van der Waals surface area contributed by atoms with Gasteiger partial charge in [-0.2, -0.15) is 4.31 Å². The predicted molar refractivity (Wildman–Crippen MR) is 112 cm³/mol. The molecule has 7 nitrogen and oxygen atoms in total. The van der Waals surface area contributed by atoms with Gasteiger partial charge in [-0.05, 0) is 43.2 Å². The zero-order valence-electron chi connectivity index (χ0n) is 16.4. The molecule has 9 heteroatoms. The Kier molecular flexibility index (Phi) is 7.78. The van der Waals surface area contributed by atoms with E-state index in [4.69, 9.17) is 16.3 Å². The maximum absolute atomic E-state index is 12.5. The van der Waals surface area contributed by atoms with E-state index in [0.29, 0.717) is 21.8 Å². The molecule has 2 rings (SSSR count). The highest BCUT2D eigenvalue weighted by atomic mass is 35.5. The van der Waals surface area contributed by atoms with Crippen molar-refractivity contribution in [3.8, 4) is 0 Å². The lowest BCUT2D eigenvalue weighted by Gasteiger charge is -2.20. The van der Waals surface area contributed by atoms with Crippen LogP contribution in [0.15, 0.2) is 42.5 Å². The van der Waals surface area contributed by atoms with Gasteiger partial charge in [0.2, 0.25) is 15.9 Å². The fourth-order valence-electron chi connectivity index (χ4n) is 2.56. The highest BCUT2D eigenvalue weighted by molar-refractivity contribution is 7.88. The normalized spacial score (nSPS) is 11.3. The Morgan fingerprint density at radius 1 is 1.17 bits per heavy atom. The number of hydrogen-bond acceptors (Lipinski definition) is 5. The summed E-state index contributed by atoms with van der Waals surface area (Å²) in [7, 11) is -3.67. The number of aryl methyl sites for hydroxylation is 1. The second-order valence-corrected chi connectivity index (χ2v) is 8.81. The third kappa shape index (κ3) is 6.56. The summed E-state index contributed by atoms with van der Waals surface area (Å²) in [6.07, 6.45) is 1.03. The van der Waals surface area contributed by atoms with Crippen molar-refractivity contribution in [2.45, 2.75) is 20.4 Å². The van der Waals surface area contributed by atoms with E-state index in [0.717, 1.165) is 16.1 Å². The number of sulfonamides is 1. The molecule has 0 heterocycles. The molecule has 0 saturated heterocycles. The van der Waals surface area contributed by atoms with Crippen LogP contribution in [0.2, 0.25) is 5.02 Å². The van der Waals surface area contributed by atoms with Crippen LogP contribution in [0, 0.1) is 6.92 Å². The second-order valence-electron chi connectivity index (χ2n) is 6.42. The molecule has 2 aromatic carbocycles. The van der Waals surface area contributed by atoms with E-state index in [2.05, 4.69) is 5.32 Å². The van der Waals surface area contributed by atoms with Crippen molar-refractivity contribution >= 4 is 39.2 Å². The number of hydrogen-bond donors (Lipinski definition) is 1. The summed E-state index contributed by atoms with van der Waals surface area (Å²) in [5, 5.41) is 3.08. The Morgan fingerprint density at radius 3 is 2.48 bits per heavy atom. The topological polar surface area (TPSA) is 92.8 Å². The summed E-state index contributed by atoms with van der Waals surface area (Å²) in [5.41, 5.74) is 2.02. The fraction of sp³-hybridized carbons (Fsp3) is 0.300. The van der Waals surface area contributed by atoms with Gasteiger partial charge in [-0.15, -0.1) is 0 Å². The van der Waals surface area contributed by atoms with E-state index >= 15 is 0 Å². The smallest absolute Gasteiger partial charge is 0.338 e. The van der Waals surface area contributed by atoms with Gasteiger partial charge < -0.3 is 10.1 Å². The third-order valence-electron chi connectivity index (χ3n) is 4.12. The molecular weight excluding hydrogens is 416 g/mol. The maximum Gasteiger partial charge on any atom is 0.338 e. The zero-order chi connectivity index (χ0) is 21.6. The van der Waals surface area contributed by atoms with Crippen LogP contribution in [-0.4, -0.2) is 44.0 Å².